The largest absolute Gasteiger partial charge is 0.494 e. The van der Waals surface area contributed by atoms with E-state index in [1.165, 1.54) is 16.7 Å². The number of anilines is 1. The molecule has 0 fully saturated rings. The first-order chi connectivity index (χ1) is 10.1. The predicted molar refractivity (Wildman–Crippen MR) is 92.3 cm³/mol. The van der Waals surface area contributed by atoms with E-state index >= 15 is 0 Å². The minimum atomic E-state index is 0.737. The second-order valence-corrected chi connectivity index (χ2v) is 6.47. The maximum Gasteiger partial charge on any atom is 0.119 e. The van der Waals surface area contributed by atoms with Crippen LogP contribution in [0.5, 0.6) is 5.75 Å². The van der Waals surface area contributed by atoms with Gasteiger partial charge in [-0.25, -0.2) is 0 Å². The topological polar surface area (TPSA) is 35.2 Å². The minimum Gasteiger partial charge on any atom is -0.494 e. The molecule has 0 radical (unpaired) electrons. The van der Waals surface area contributed by atoms with Crippen molar-refractivity contribution in [1.82, 2.24) is 0 Å². The number of benzene rings is 2. The summed E-state index contributed by atoms with van der Waals surface area (Å²) in [5.41, 5.74) is 10.7. The molecule has 0 spiro atoms. The Kier molecular flexibility index (Phi) is 5.57. The summed E-state index contributed by atoms with van der Waals surface area (Å²) < 4.78 is 5.78. The van der Waals surface area contributed by atoms with E-state index in [1.54, 1.807) is 11.8 Å². The lowest BCUT2D eigenvalue weighted by Gasteiger charge is -2.09. The van der Waals surface area contributed by atoms with Crippen LogP contribution in [0.1, 0.15) is 23.1 Å². The molecule has 0 amide bonds. The van der Waals surface area contributed by atoms with Crippen LogP contribution in [0.25, 0.3) is 0 Å². The van der Waals surface area contributed by atoms with E-state index in [9.17, 15) is 0 Å². The first-order valence-electron chi connectivity index (χ1n) is 7.25. The molecular weight excluding hydrogens is 278 g/mol. The van der Waals surface area contributed by atoms with Crippen LogP contribution < -0.4 is 10.5 Å². The summed E-state index contributed by atoms with van der Waals surface area (Å²) in [6, 6.07) is 12.5. The quantitative estimate of drug-likeness (QED) is 0.475. The zero-order valence-corrected chi connectivity index (χ0v) is 13.8. The first kappa shape index (κ1) is 15.8. The van der Waals surface area contributed by atoms with E-state index in [2.05, 4.69) is 45.0 Å². The summed E-state index contributed by atoms with van der Waals surface area (Å²) in [4.78, 5) is 1.16. The molecule has 21 heavy (non-hydrogen) atoms. The maximum absolute atomic E-state index is 6.01. The van der Waals surface area contributed by atoms with Crippen LogP contribution in [-0.4, -0.2) is 12.4 Å². The van der Waals surface area contributed by atoms with E-state index < -0.39 is 0 Å². The van der Waals surface area contributed by atoms with Gasteiger partial charge in [0.1, 0.15) is 5.75 Å². The summed E-state index contributed by atoms with van der Waals surface area (Å²) in [7, 11) is 0. The first-order valence-corrected chi connectivity index (χ1v) is 8.24. The van der Waals surface area contributed by atoms with Gasteiger partial charge in [0.2, 0.25) is 0 Å². The van der Waals surface area contributed by atoms with Crippen LogP contribution in [0.3, 0.4) is 0 Å². The van der Waals surface area contributed by atoms with Crippen molar-refractivity contribution in [3.8, 4) is 5.75 Å². The Balaban J connectivity index is 1.73. The lowest BCUT2D eigenvalue weighted by molar-refractivity contribution is 0.318. The number of nitrogens with two attached hydrogens (primary N) is 1. The SMILES string of the molecule is Cc1ccc(SCCCOc2ccc(C)c(C)c2)c(N)c1. The highest BCUT2D eigenvalue weighted by molar-refractivity contribution is 7.99. The van der Waals surface area contributed by atoms with Gasteiger partial charge in [0, 0.05) is 16.3 Å². The second-order valence-electron chi connectivity index (χ2n) is 5.34. The molecule has 0 aliphatic heterocycles. The van der Waals surface area contributed by atoms with E-state index in [1.807, 2.05) is 12.1 Å². The number of thioether (sulfide) groups is 1. The van der Waals surface area contributed by atoms with Crippen molar-refractivity contribution in [1.29, 1.82) is 0 Å². The molecule has 3 heteroatoms. The van der Waals surface area contributed by atoms with Gasteiger partial charge in [0.05, 0.1) is 6.61 Å². The van der Waals surface area contributed by atoms with E-state index in [4.69, 9.17) is 10.5 Å². The Morgan fingerprint density at radius 2 is 1.81 bits per heavy atom. The maximum atomic E-state index is 6.01. The molecule has 0 saturated carbocycles. The monoisotopic (exact) mass is 301 g/mol. The number of aryl methyl sites for hydroxylation is 3. The number of hydrogen-bond acceptors (Lipinski definition) is 3. The van der Waals surface area contributed by atoms with Crippen molar-refractivity contribution in [2.24, 2.45) is 0 Å². The molecule has 2 rings (SSSR count). The van der Waals surface area contributed by atoms with Crippen LogP contribution in [0.4, 0.5) is 5.69 Å². The lowest BCUT2D eigenvalue weighted by Crippen LogP contribution is -1.99. The van der Waals surface area contributed by atoms with Crippen molar-refractivity contribution in [3.05, 3.63) is 53.1 Å². The van der Waals surface area contributed by atoms with Gasteiger partial charge in [-0.2, -0.15) is 0 Å². The third-order valence-corrected chi connectivity index (χ3v) is 4.63. The summed E-state index contributed by atoms with van der Waals surface area (Å²) in [5, 5.41) is 0. The molecule has 0 aliphatic rings. The highest BCUT2D eigenvalue weighted by Crippen LogP contribution is 2.26. The van der Waals surface area contributed by atoms with Gasteiger partial charge in [-0.3, -0.25) is 0 Å². The lowest BCUT2D eigenvalue weighted by atomic mass is 10.1. The van der Waals surface area contributed by atoms with Gasteiger partial charge in [-0.1, -0.05) is 12.1 Å². The van der Waals surface area contributed by atoms with Crippen molar-refractivity contribution >= 4 is 17.4 Å². The highest BCUT2D eigenvalue weighted by atomic mass is 32.2. The zero-order chi connectivity index (χ0) is 15.2. The van der Waals surface area contributed by atoms with Gasteiger partial charge >= 0.3 is 0 Å². The van der Waals surface area contributed by atoms with Gasteiger partial charge in [0.25, 0.3) is 0 Å². The Labute approximate surface area is 131 Å². The van der Waals surface area contributed by atoms with Crippen molar-refractivity contribution < 1.29 is 4.74 Å². The van der Waals surface area contributed by atoms with E-state index in [0.717, 1.165) is 35.1 Å². The van der Waals surface area contributed by atoms with Crippen molar-refractivity contribution in [2.45, 2.75) is 32.1 Å². The van der Waals surface area contributed by atoms with Crippen LogP contribution in [0, 0.1) is 20.8 Å². The van der Waals surface area contributed by atoms with Crippen LogP contribution in [-0.2, 0) is 0 Å². The fourth-order valence-electron chi connectivity index (χ4n) is 2.03. The Hall–Kier alpha value is -1.61. The average Bonchev–Trinajstić information content (AvgIpc) is 2.44. The summed E-state index contributed by atoms with van der Waals surface area (Å²) in [6.45, 7) is 7.02. The van der Waals surface area contributed by atoms with Crippen molar-refractivity contribution in [2.75, 3.05) is 18.1 Å². The van der Waals surface area contributed by atoms with Gasteiger partial charge in [-0.15, -0.1) is 11.8 Å². The number of nitrogen functional groups attached to an aromatic ring is 1. The second kappa shape index (κ2) is 7.41. The fraction of sp³-hybridized carbons (Fsp3) is 0.333. The Bertz CT molecular complexity index is 610. The summed E-state index contributed by atoms with van der Waals surface area (Å²) >= 11 is 1.79. The molecule has 2 aromatic rings. The summed E-state index contributed by atoms with van der Waals surface area (Å²) in [6.07, 6.45) is 1.00. The molecule has 0 aromatic heterocycles. The van der Waals surface area contributed by atoms with E-state index in [0.29, 0.717) is 0 Å². The van der Waals surface area contributed by atoms with Gasteiger partial charge in [0.15, 0.2) is 0 Å². The normalized spacial score (nSPS) is 10.6. The molecule has 2 aromatic carbocycles. The van der Waals surface area contributed by atoms with Crippen LogP contribution >= 0.6 is 11.8 Å². The Morgan fingerprint density at radius 3 is 2.52 bits per heavy atom. The number of rotatable bonds is 6. The molecule has 0 bridgehead atoms. The molecule has 0 saturated heterocycles. The minimum absolute atomic E-state index is 0.737. The average molecular weight is 301 g/mol. The molecule has 0 aliphatic carbocycles. The molecule has 0 atom stereocenters. The zero-order valence-electron chi connectivity index (χ0n) is 13.0. The third kappa shape index (κ3) is 4.71. The van der Waals surface area contributed by atoms with Gasteiger partial charge < -0.3 is 10.5 Å². The summed E-state index contributed by atoms with van der Waals surface area (Å²) in [5.74, 6) is 1.97. The fourth-order valence-corrected chi connectivity index (χ4v) is 2.91. The molecule has 2 nitrogen and oxygen atoms in total. The number of ether oxygens (including phenoxy) is 1. The van der Waals surface area contributed by atoms with Crippen molar-refractivity contribution in [3.63, 3.8) is 0 Å². The Morgan fingerprint density at radius 1 is 1.00 bits per heavy atom. The van der Waals surface area contributed by atoms with E-state index in [-0.39, 0.29) is 0 Å². The smallest absolute Gasteiger partial charge is 0.119 e. The van der Waals surface area contributed by atoms with Crippen LogP contribution in [0.2, 0.25) is 0 Å². The molecule has 2 N–H and O–H groups in total. The highest BCUT2D eigenvalue weighted by Gasteiger charge is 2.01. The number of hydrogen-bond donors (Lipinski definition) is 1. The molecule has 112 valence electrons. The van der Waals surface area contributed by atoms with Gasteiger partial charge in [-0.05, 0) is 68.1 Å². The molecular formula is C18H23NOS. The predicted octanol–water partition coefficient (Wildman–Crippen LogP) is 4.76. The molecule has 0 heterocycles. The third-order valence-electron chi connectivity index (χ3n) is 3.46. The van der Waals surface area contributed by atoms with Crippen LogP contribution in [0.15, 0.2) is 41.3 Å². The molecule has 0 unspecified atom stereocenters. The standard InChI is InChI=1S/C18H23NOS/c1-13-5-8-18(17(19)11-13)21-10-4-9-20-16-7-6-14(2)15(3)12-16/h5-8,11-12H,4,9-10,19H2,1-3H3.